The highest BCUT2D eigenvalue weighted by Gasteiger charge is 2.33. The summed E-state index contributed by atoms with van der Waals surface area (Å²) in [7, 11) is 0. The Balaban J connectivity index is 1.92. The quantitative estimate of drug-likeness (QED) is 0.797. The molecule has 2 rings (SSSR count). The minimum atomic E-state index is -0.493. The molecule has 1 aliphatic carbocycles. The molecule has 0 radical (unpaired) electrons. The molecule has 5 heteroatoms. The van der Waals surface area contributed by atoms with E-state index in [-0.39, 0.29) is 18.4 Å². The average Bonchev–Trinajstić information content (AvgIpc) is 2.39. The maximum Gasteiger partial charge on any atom is 0.227 e. The van der Waals surface area contributed by atoms with Crippen LogP contribution < -0.4 is 11.1 Å². The first-order chi connectivity index (χ1) is 9.02. The van der Waals surface area contributed by atoms with Crippen LogP contribution in [0.25, 0.3) is 0 Å². The van der Waals surface area contributed by atoms with Crippen molar-refractivity contribution in [1.29, 1.82) is 0 Å². The van der Waals surface area contributed by atoms with Gasteiger partial charge in [0.2, 0.25) is 5.91 Å². The number of benzene rings is 1. The van der Waals surface area contributed by atoms with Crippen LogP contribution in [-0.4, -0.2) is 23.2 Å². The predicted molar refractivity (Wildman–Crippen MR) is 78.7 cm³/mol. The lowest BCUT2D eigenvalue weighted by Crippen LogP contribution is -2.47. The standard InChI is InChI=1S/C14H19BrN2O2/c15-11-2-1-3-12(8-11)17-13(19)10-4-6-14(16,9-18)7-5-10/h1-3,8,10,18H,4-7,9,16H2,(H,17,19). The normalized spacial score (nSPS) is 27.0. The average molecular weight is 327 g/mol. The second-order valence-corrected chi connectivity index (χ2v) is 6.21. The number of hydrogen-bond donors (Lipinski definition) is 3. The highest BCUT2D eigenvalue weighted by Crippen LogP contribution is 2.31. The van der Waals surface area contributed by atoms with Crippen LogP contribution in [0.4, 0.5) is 5.69 Å². The molecular formula is C14H19BrN2O2. The lowest BCUT2D eigenvalue weighted by atomic mass is 9.77. The predicted octanol–water partition coefficient (Wildman–Crippen LogP) is 2.27. The molecule has 1 saturated carbocycles. The van der Waals surface area contributed by atoms with E-state index in [0.717, 1.165) is 23.0 Å². The van der Waals surface area contributed by atoms with Crippen LogP contribution in [0.3, 0.4) is 0 Å². The van der Waals surface area contributed by atoms with E-state index in [1.165, 1.54) is 0 Å². The number of carbonyl (C=O) groups excluding carboxylic acids is 1. The van der Waals surface area contributed by atoms with Crippen molar-refractivity contribution >= 4 is 27.5 Å². The molecule has 1 amide bonds. The third-order valence-electron chi connectivity index (χ3n) is 3.76. The first kappa shape index (κ1) is 14.5. The Hall–Kier alpha value is -0.910. The van der Waals surface area contributed by atoms with E-state index < -0.39 is 5.54 Å². The van der Waals surface area contributed by atoms with Gasteiger partial charge in [-0.25, -0.2) is 0 Å². The number of aliphatic hydroxyl groups excluding tert-OH is 1. The van der Waals surface area contributed by atoms with Crippen molar-refractivity contribution in [2.75, 3.05) is 11.9 Å². The zero-order chi connectivity index (χ0) is 13.9. The molecule has 1 fully saturated rings. The number of nitrogens with two attached hydrogens (primary N) is 1. The molecule has 1 aromatic rings. The van der Waals surface area contributed by atoms with Crippen LogP contribution in [0, 0.1) is 5.92 Å². The van der Waals surface area contributed by atoms with Gasteiger partial charge >= 0.3 is 0 Å². The minimum absolute atomic E-state index is 0.00697. The van der Waals surface area contributed by atoms with Crippen LogP contribution in [0.1, 0.15) is 25.7 Å². The fourth-order valence-corrected chi connectivity index (χ4v) is 2.82. The van der Waals surface area contributed by atoms with E-state index in [0.29, 0.717) is 12.8 Å². The molecule has 0 heterocycles. The minimum Gasteiger partial charge on any atom is -0.394 e. The molecule has 0 unspecified atom stereocenters. The molecule has 0 aromatic heterocycles. The second-order valence-electron chi connectivity index (χ2n) is 5.29. The Bertz CT molecular complexity index is 457. The number of rotatable bonds is 3. The number of anilines is 1. The SMILES string of the molecule is NC1(CO)CCC(C(=O)Nc2cccc(Br)c2)CC1. The van der Waals surface area contributed by atoms with E-state index in [4.69, 9.17) is 5.73 Å². The molecule has 19 heavy (non-hydrogen) atoms. The monoisotopic (exact) mass is 326 g/mol. The maximum absolute atomic E-state index is 12.1. The van der Waals surface area contributed by atoms with Gasteiger partial charge in [-0.1, -0.05) is 22.0 Å². The van der Waals surface area contributed by atoms with Crippen LogP contribution in [-0.2, 0) is 4.79 Å². The van der Waals surface area contributed by atoms with Crippen molar-refractivity contribution in [3.63, 3.8) is 0 Å². The van der Waals surface area contributed by atoms with E-state index in [1.807, 2.05) is 24.3 Å². The highest BCUT2D eigenvalue weighted by atomic mass is 79.9. The van der Waals surface area contributed by atoms with Gasteiger partial charge in [-0.2, -0.15) is 0 Å². The van der Waals surface area contributed by atoms with Crippen molar-refractivity contribution in [3.8, 4) is 0 Å². The van der Waals surface area contributed by atoms with Crippen molar-refractivity contribution in [2.45, 2.75) is 31.2 Å². The molecule has 0 spiro atoms. The van der Waals surface area contributed by atoms with Gasteiger partial charge < -0.3 is 16.2 Å². The lowest BCUT2D eigenvalue weighted by Gasteiger charge is -2.35. The molecule has 0 aliphatic heterocycles. The van der Waals surface area contributed by atoms with Crippen LogP contribution in [0.5, 0.6) is 0 Å². The second kappa shape index (κ2) is 6.03. The highest BCUT2D eigenvalue weighted by molar-refractivity contribution is 9.10. The molecule has 0 saturated heterocycles. The van der Waals surface area contributed by atoms with Gasteiger partial charge in [-0.15, -0.1) is 0 Å². The largest absolute Gasteiger partial charge is 0.394 e. The van der Waals surface area contributed by atoms with Gasteiger partial charge in [-0.05, 0) is 43.9 Å². The molecule has 0 atom stereocenters. The van der Waals surface area contributed by atoms with Gasteiger partial charge in [-0.3, -0.25) is 4.79 Å². The van der Waals surface area contributed by atoms with Crippen molar-refractivity contribution in [3.05, 3.63) is 28.7 Å². The number of amides is 1. The van der Waals surface area contributed by atoms with Gasteiger partial charge in [0, 0.05) is 21.6 Å². The number of halogens is 1. The van der Waals surface area contributed by atoms with Gasteiger partial charge in [0.1, 0.15) is 0 Å². The first-order valence-corrected chi connectivity index (χ1v) is 7.28. The summed E-state index contributed by atoms with van der Waals surface area (Å²) >= 11 is 3.38. The third-order valence-corrected chi connectivity index (χ3v) is 4.25. The third kappa shape index (κ3) is 3.78. The van der Waals surface area contributed by atoms with Crippen molar-refractivity contribution in [1.82, 2.24) is 0 Å². The first-order valence-electron chi connectivity index (χ1n) is 6.49. The van der Waals surface area contributed by atoms with E-state index >= 15 is 0 Å². The van der Waals surface area contributed by atoms with Crippen LogP contribution in [0.15, 0.2) is 28.7 Å². The van der Waals surface area contributed by atoms with E-state index in [9.17, 15) is 9.90 Å². The Morgan fingerprint density at radius 3 is 2.74 bits per heavy atom. The lowest BCUT2D eigenvalue weighted by molar-refractivity contribution is -0.121. The summed E-state index contributed by atoms with van der Waals surface area (Å²) in [5.74, 6) is 0.0281. The summed E-state index contributed by atoms with van der Waals surface area (Å²) in [4.78, 5) is 12.1. The van der Waals surface area contributed by atoms with Gasteiger partial charge in [0.15, 0.2) is 0 Å². The number of hydrogen-bond acceptors (Lipinski definition) is 3. The topological polar surface area (TPSA) is 75.3 Å². The Labute approximate surface area is 121 Å². The molecule has 1 aliphatic rings. The van der Waals surface area contributed by atoms with Gasteiger partial charge in [0.25, 0.3) is 0 Å². The van der Waals surface area contributed by atoms with Crippen LogP contribution >= 0.6 is 15.9 Å². The van der Waals surface area contributed by atoms with E-state index in [2.05, 4.69) is 21.2 Å². The maximum atomic E-state index is 12.1. The van der Waals surface area contributed by atoms with Crippen LogP contribution in [0.2, 0.25) is 0 Å². The summed E-state index contributed by atoms with van der Waals surface area (Å²) in [5.41, 5.74) is 6.31. The fraction of sp³-hybridized carbons (Fsp3) is 0.500. The molecular weight excluding hydrogens is 308 g/mol. The number of aliphatic hydroxyl groups is 1. The summed E-state index contributed by atoms with van der Waals surface area (Å²) in [6, 6.07) is 7.55. The Morgan fingerprint density at radius 2 is 2.16 bits per heavy atom. The summed E-state index contributed by atoms with van der Waals surface area (Å²) in [6.45, 7) is -0.00697. The fourth-order valence-electron chi connectivity index (χ4n) is 2.42. The molecule has 4 nitrogen and oxygen atoms in total. The Kier molecular flexibility index (Phi) is 4.60. The smallest absolute Gasteiger partial charge is 0.227 e. The van der Waals surface area contributed by atoms with E-state index in [1.54, 1.807) is 0 Å². The Morgan fingerprint density at radius 1 is 1.47 bits per heavy atom. The van der Waals surface area contributed by atoms with Gasteiger partial charge in [0.05, 0.1) is 6.61 Å². The zero-order valence-corrected chi connectivity index (χ0v) is 12.3. The molecule has 0 bridgehead atoms. The summed E-state index contributed by atoms with van der Waals surface area (Å²) in [6.07, 6.45) is 2.86. The summed E-state index contributed by atoms with van der Waals surface area (Å²) < 4.78 is 0.940. The molecule has 104 valence electrons. The zero-order valence-electron chi connectivity index (χ0n) is 10.7. The van der Waals surface area contributed by atoms with Crippen molar-refractivity contribution in [2.24, 2.45) is 11.7 Å². The number of carbonyl (C=O) groups is 1. The molecule has 1 aromatic carbocycles. The number of nitrogens with one attached hydrogen (secondary N) is 1. The summed E-state index contributed by atoms with van der Waals surface area (Å²) in [5, 5.41) is 12.1. The van der Waals surface area contributed by atoms with Crippen molar-refractivity contribution < 1.29 is 9.90 Å². The molecule has 4 N–H and O–H groups in total.